The third-order valence-electron chi connectivity index (χ3n) is 3.10. The number of ether oxygens (including phenoxy) is 2. The van der Waals surface area contributed by atoms with Crippen molar-refractivity contribution in [2.75, 3.05) is 6.79 Å². The minimum Gasteiger partial charge on any atom is -0.454 e. The molecule has 1 amide bonds. The Bertz CT molecular complexity index is 776. The number of nitrogens with zero attached hydrogens (tertiary/aromatic N) is 3. The van der Waals surface area contributed by atoms with Crippen LogP contribution in [-0.4, -0.2) is 27.4 Å². The van der Waals surface area contributed by atoms with Crippen LogP contribution in [0.5, 0.6) is 11.5 Å². The standard InChI is InChI=1S/C13H11BrN4O5/c14-9-5-17(16-13(9)18(20)21)6-12(19)15-4-8-1-2-10-11(3-8)23-7-22-10/h1-3,5H,4,6-7H2,(H,15,19). The molecule has 1 N–H and O–H groups in total. The first-order valence-corrected chi connectivity index (χ1v) is 7.35. The molecule has 0 saturated carbocycles. The molecule has 0 spiro atoms. The molecule has 9 nitrogen and oxygen atoms in total. The largest absolute Gasteiger partial charge is 0.454 e. The van der Waals surface area contributed by atoms with Crippen molar-refractivity contribution >= 4 is 27.7 Å². The first-order chi connectivity index (χ1) is 11.0. The monoisotopic (exact) mass is 382 g/mol. The SMILES string of the molecule is O=C(Cn1cc(Br)c([N+](=O)[O-])n1)NCc1ccc2c(c1)OCO2. The number of halogens is 1. The van der Waals surface area contributed by atoms with E-state index in [1.54, 1.807) is 12.1 Å². The average molecular weight is 383 g/mol. The van der Waals surface area contributed by atoms with Gasteiger partial charge in [0, 0.05) is 6.54 Å². The molecule has 0 bridgehead atoms. The Morgan fingerprint density at radius 1 is 1.43 bits per heavy atom. The van der Waals surface area contributed by atoms with E-state index in [1.807, 2.05) is 6.07 Å². The summed E-state index contributed by atoms with van der Waals surface area (Å²) in [6, 6.07) is 5.39. The van der Waals surface area contributed by atoms with Gasteiger partial charge in [-0.2, -0.15) is 4.68 Å². The summed E-state index contributed by atoms with van der Waals surface area (Å²) in [5, 5.41) is 17.1. The van der Waals surface area contributed by atoms with Crippen LogP contribution in [0.3, 0.4) is 0 Å². The molecule has 0 unspecified atom stereocenters. The maximum Gasteiger partial charge on any atom is 0.404 e. The molecule has 2 heterocycles. The van der Waals surface area contributed by atoms with Gasteiger partial charge in [-0.1, -0.05) is 6.07 Å². The first-order valence-electron chi connectivity index (χ1n) is 6.55. The van der Waals surface area contributed by atoms with Gasteiger partial charge < -0.3 is 24.9 Å². The highest BCUT2D eigenvalue weighted by Crippen LogP contribution is 2.32. The van der Waals surface area contributed by atoms with Crippen molar-refractivity contribution in [3.63, 3.8) is 0 Å². The van der Waals surface area contributed by atoms with Gasteiger partial charge in [-0.25, -0.2) is 0 Å². The second kappa shape index (κ2) is 6.24. The van der Waals surface area contributed by atoms with Crippen molar-refractivity contribution in [3.05, 3.63) is 44.5 Å². The zero-order valence-electron chi connectivity index (χ0n) is 11.7. The fourth-order valence-corrected chi connectivity index (χ4v) is 2.51. The topological polar surface area (TPSA) is 109 Å². The molecule has 0 atom stereocenters. The van der Waals surface area contributed by atoms with E-state index in [2.05, 4.69) is 26.3 Å². The highest BCUT2D eigenvalue weighted by Gasteiger charge is 2.20. The average Bonchev–Trinajstić information content (AvgIpc) is 3.10. The van der Waals surface area contributed by atoms with Crippen molar-refractivity contribution in [3.8, 4) is 11.5 Å². The molecule has 1 aromatic carbocycles. The predicted octanol–water partition coefficient (Wildman–Crippen LogP) is 1.60. The number of nitro groups is 1. The molecule has 3 rings (SSSR count). The Balaban J connectivity index is 1.57. The molecule has 120 valence electrons. The van der Waals surface area contributed by atoms with E-state index in [4.69, 9.17) is 9.47 Å². The van der Waals surface area contributed by atoms with Gasteiger partial charge in [-0.3, -0.25) is 4.79 Å². The third kappa shape index (κ3) is 3.42. The number of carbonyl (C=O) groups is 1. The van der Waals surface area contributed by atoms with E-state index >= 15 is 0 Å². The van der Waals surface area contributed by atoms with Crippen molar-refractivity contribution < 1.29 is 19.2 Å². The minimum absolute atomic E-state index is 0.114. The summed E-state index contributed by atoms with van der Waals surface area (Å²) in [5.41, 5.74) is 0.857. The highest BCUT2D eigenvalue weighted by molar-refractivity contribution is 9.10. The fourth-order valence-electron chi connectivity index (χ4n) is 2.05. The number of amides is 1. The number of aromatic nitrogens is 2. The summed E-state index contributed by atoms with van der Waals surface area (Å²) in [7, 11) is 0. The van der Waals surface area contributed by atoms with Crippen molar-refractivity contribution in [1.82, 2.24) is 15.1 Å². The van der Waals surface area contributed by atoms with Crippen LogP contribution in [-0.2, 0) is 17.9 Å². The van der Waals surface area contributed by atoms with Gasteiger partial charge in [0.2, 0.25) is 12.7 Å². The highest BCUT2D eigenvalue weighted by atomic mass is 79.9. The molecule has 23 heavy (non-hydrogen) atoms. The third-order valence-corrected chi connectivity index (χ3v) is 3.66. The maximum atomic E-state index is 11.9. The molecule has 2 aromatic rings. The lowest BCUT2D eigenvalue weighted by atomic mass is 10.2. The number of rotatable bonds is 5. The van der Waals surface area contributed by atoms with E-state index < -0.39 is 4.92 Å². The van der Waals surface area contributed by atoms with Crippen LogP contribution in [0.15, 0.2) is 28.9 Å². The second-order valence-electron chi connectivity index (χ2n) is 4.72. The number of carbonyl (C=O) groups excluding carboxylic acids is 1. The number of hydrogen-bond acceptors (Lipinski definition) is 6. The summed E-state index contributed by atoms with van der Waals surface area (Å²) in [6.45, 7) is 0.384. The van der Waals surface area contributed by atoms with Gasteiger partial charge in [0.05, 0.1) is 11.3 Å². The van der Waals surface area contributed by atoms with Gasteiger partial charge in [0.1, 0.15) is 11.0 Å². The van der Waals surface area contributed by atoms with Crippen molar-refractivity contribution in [1.29, 1.82) is 0 Å². The zero-order valence-corrected chi connectivity index (χ0v) is 13.3. The predicted molar refractivity (Wildman–Crippen MR) is 81.0 cm³/mol. The van der Waals surface area contributed by atoms with Crippen LogP contribution < -0.4 is 14.8 Å². The van der Waals surface area contributed by atoms with Gasteiger partial charge in [-0.15, -0.1) is 0 Å². The lowest BCUT2D eigenvalue weighted by Gasteiger charge is -2.05. The van der Waals surface area contributed by atoms with Gasteiger partial charge >= 0.3 is 5.82 Å². The Labute approximate surface area is 138 Å². The van der Waals surface area contributed by atoms with Crippen LogP contribution in [0.4, 0.5) is 5.82 Å². The van der Waals surface area contributed by atoms with Gasteiger partial charge in [0.25, 0.3) is 0 Å². The molecule has 1 aromatic heterocycles. The Morgan fingerprint density at radius 2 is 2.22 bits per heavy atom. The van der Waals surface area contributed by atoms with Crippen LogP contribution in [0, 0.1) is 10.1 Å². The molecule has 1 aliphatic heterocycles. The second-order valence-corrected chi connectivity index (χ2v) is 5.57. The van der Waals surface area contributed by atoms with E-state index in [0.29, 0.717) is 18.0 Å². The molecule has 0 saturated heterocycles. The van der Waals surface area contributed by atoms with Crippen LogP contribution in [0.1, 0.15) is 5.56 Å². The van der Waals surface area contributed by atoms with Gasteiger partial charge in [-0.05, 0) is 38.5 Å². The van der Waals surface area contributed by atoms with E-state index in [1.165, 1.54) is 10.9 Å². The zero-order chi connectivity index (χ0) is 16.4. The molecule has 0 radical (unpaired) electrons. The summed E-state index contributed by atoms with van der Waals surface area (Å²) in [6.07, 6.45) is 1.39. The van der Waals surface area contributed by atoms with E-state index in [0.717, 1.165) is 5.56 Å². The Morgan fingerprint density at radius 3 is 2.96 bits per heavy atom. The summed E-state index contributed by atoms with van der Waals surface area (Å²) in [4.78, 5) is 22.0. The first kappa shape index (κ1) is 15.3. The smallest absolute Gasteiger partial charge is 0.404 e. The van der Waals surface area contributed by atoms with Crippen LogP contribution in [0.2, 0.25) is 0 Å². The summed E-state index contributed by atoms with van der Waals surface area (Å²) in [5.74, 6) is 0.679. The van der Waals surface area contributed by atoms with E-state index in [9.17, 15) is 14.9 Å². The van der Waals surface area contributed by atoms with Crippen LogP contribution >= 0.6 is 15.9 Å². The Hall–Kier alpha value is -2.62. The molecular formula is C13H11BrN4O5. The quantitative estimate of drug-likeness (QED) is 0.621. The fraction of sp³-hybridized carbons (Fsp3) is 0.231. The minimum atomic E-state index is -0.620. The lowest BCUT2D eigenvalue weighted by molar-refractivity contribution is -0.390. The van der Waals surface area contributed by atoms with Crippen LogP contribution in [0.25, 0.3) is 0 Å². The van der Waals surface area contributed by atoms with E-state index in [-0.39, 0.29) is 29.5 Å². The Kier molecular flexibility index (Phi) is 4.15. The number of hydrogen-bond donors (Lipinski definition) is 1. The molecule has 1 aliphatic rings. The lowest BCUT2D eigenvalue weighted by Crippen LogP contribution is -2.27. The molecule has 10 heteroatoms. The number of fused-ring (bicyclic) bond motifs is 1. The normalized spacial score (nSPS) is 12.2. The summed E-state index contributed by atoms with van der Waals surface area (Å²) >= 11 is 3.03. The molecule has 0 aliphatic carbocycles. The van der Waals surface area contributed by atoms with Crippen molar-refractivity contribution in [2.24, 2.45) is 0 Å². The van der Waals surface area contributed by atoms with Gasteiger partial charge in [0.15, 0.2) is 11.5 Å². The summed E-state index contributed by atoms with van der Waals surface area (Å²) < 4.78 is 11.9. The van der Waals surface area contributed by atoms with Crippen molar-refractivity contribution in [2.45, 2.75) is 13.1 Å². The number of nitrogens with one attached hydrogen (secondary N) is 1. The molecule has 0 fully saturated rings. The number of benzene rings is 1. The molecular weight excluding hydrogens is 372 g/mol. The maximum absolute atomic E-state index is 11.9.